The topological polar surface area (TPSA) is 0 Å². The number of unbranched alkanes of at least 4 members (excludes halogenated alkanes) is 2. The molecule has 0 saturated carbocycles. The number of allylic oxidation sites excluding steroid dienone is 8. The van der Waals surface area contributed by atoms with Crippen LogP contribution in [0.3, 0.4) is 0 Å². The fraction of sp³-hybridized carbons (Fsp3) is 0.600. The van der Waals surface area contributed by atoms with Crippen LogP contribution < -0.4 is 0 Å². The van der Waals surface area contributed by atoms with Crippen LogP contribution in [0.15, 0.2) is 47.6 Å². The van der Waals surface area contributed by atoms with Crippen LogP contribution in [0.5, 0.6) is 0 Å². The monoisotopic (exact) mass is 450 g/mol. The Kier molecular flexibility index (Phi) is 6.05. The van der Waals surface area contributed by atoms with Crippen molar-refractivity contribution >= 4 is 0 Å². The Morgan fingerprint density at radius 3 is 2.33 bits per heavy atom. The molecule has 0 bridgehead atoms. The predicted molar refractivity (Wildman–Crippen MR) is 90.2 cm³/mol. The molecule has 2 aliphatic rings. The van der Waals surface area contributed by atoms with Crippen molar-refractivity contribution < 1.29 is 22.9 Å². The standard InChI is InChI=1S/C13H21.C7H9.Hf/c1-3-5-8-12-10-7-11-13(12)9-6-4-2;1-6-4-3-5-7(6)2;/h7,10-11H,3-6,8-9H2,1-2H3;3-5H,1-2H3;. The molecule has 0 aliphatic heterocycles. The van der Waals surface area contributed by atoms with Crippen molar-refractivity contribution in [3.05, 3.63) is 47.6 Å². The minimum atomic E-state index is -0.906. The zero-order valence-corrected chi connectivity index (χ0v) is 17.8. The normalized spacial score (nSPS) is 30.7. The first-order chi connectivity index (χ1) is 10.1. The molecule has 2 unspecified atom stereocenters. The molecule has 1 heteroatoms. The van der Waals surface area contributed by atoms with Gasteiger partial charge in [0.15, 0.2) is 0 Å². The average Bonchev–Trinajstić information content (AvgIpc) is 2.99. The number of hydrogen-bond acceptors (Lipinski definition) is 0. The minimum absolute atomic E-state index is 0.438. The summed E-state index contributed by atoms with van der Waals surface area (Å²) in [7, 11) is 0. The molecule has 21 heavy (non-hydrogen) atoms. The molecule has 0 aromatic carbocycles. The molecule has 0 saturated heterocycles. The van der Waals surface area contributed by atoms with Crippen molar-refractivity contribution in [3.8, 4) is 0 Å². The van der Waals surface area contributed by atoms with Crippen LogP contribution in [0.1, 0.15) is 66.2 Å². The summed E-state index contributed by atoms with van der Waals surface area (Å²) in [6, 6.07) is 0. The van der Waals surface area contributed by atoms with Gasteiger partial charge < -0.3 is 0 Å². The Balaban J connectivity index is 2.21. The second-order valence-electron chi connectivity index (χ2n) is 6.77. The van der Waals surface area contributed by atoms with E-state index in [4.69, 9.17) is 0 Å². The third-order valence-corrected chi connectivity index (χ3v) is 13.2. The summed E-state index contributed by atoms with van der Waals surface area (Å²) in [5, 5.41) is 0. The number of hydrogen-bond donors (Lipinski definition) is 0. The third kappa shape index (κ3) is 3.78. The van der Waals surface area contributed by atoms with E-state index in [1.54, 1.807) is 11.1 Å². The Bertz CT molecular complexity index is 480. The van der Waals surface area contributed by atoms with Gasteiger partial charge in [-0.05, 0) is 0 Å². The fourth-order valence-electron chi connectivity index (χ4n) is 3.43. The maximum absolute atomic E-state index is 2.60. The van der Waals surface area contributed by atoms with E-state index in [0.717, 1.165) is 0 Å². The quantitative estimate of drug-likeness (QED) is 0.358. The van der Waals surface area contributed by atoms with Crippen molar-refractivity contribution in [2.24, 2.45) is 0 Å². The summed E-state index contributed by atoms with van der Waals surface area (Å²) in [5.41, 5.74) is 3.38. The van der Waals surface area contributed by atoms with E-state index in [1.807, 2.05) is 0 Å². The summed E-state index contributed by atoms with van der Waals surface area (Å²) < 4.78 is 0.942. The molecule has 2 atom stereocenters. The van der Waals surface area contributed by atoms with Crippen molar-refractivity contribution in [1.82, 2.24) is 0 Å². The second-order valence-corrected chi connectivity index (χ2v) is 14.6. The zero-order valence-electron chi connectivity index (χ0n) is 14.2. The van der Waals surface area contributed by atoms with Crippen LogP contribution in [-0.2, 0) is 22.9 Å². The van der Waals surface area contributed by atoms with E-state index >= 15 is 0 Å². The van der Waals surface area contributed by atoms with Crippen LogP contribution in [0, 0.1) is 0 Å². The van der Waals surface area contributed by atoms with Gasteiger partial charge in [-0.15, -0.1) is 0 Å². The first-order valence-corrected chi connectivity index (χ1v) is 12.2. The second kappa shape index (κ2) is 7.40. The van der Waals surface area contributed by atoms with Gasteiger partial charge in [0.05, 0.1) is 0 Å². The molecule has 2 rings (SSSR count). The van der Waals surface area contributed by atoms with Gasteiger partial charge in [-0.25, -0.2) is 0 Å². The van der Waals surface area contributed by atoms with Crippen LogP contribution in [0.2, 0.25) is 6.34 Å². The van der Waals surface area contributed by atoms with Gasteiger partial charge >= 0.3 is 143 Å². The van der Waals surface area contributed by atoms with Gasteiger partial charge in [0.1, 0.15) is 0 Å². The van der Waals surface area contributed by atoms with E-state index in [2.05, 4.69) is 64.2 Å². The van der Waals surface area contributed by atoms with Crippen LogP contribution in [0.25, 0.3) is 0 Å². The van der Waals surface area contributed by atoms with E-state index in [0.29, 0.717) is 6.34 Å². The summed E-state index contributed by atoms with van der Waals surface area (Å²) in [6.07, 6.45) is 22.6. The predicted octanol–water partition coefficient (Wildman–Crippen LogP) is 6.80. The van der Waals surface area contributed by atoms with Crippen LogP contribution >= 0.6 is 0 Å². The van der Waals surface area contributed by atoms with E-state index < -0.39 is 22.9 Å². The molecule has 0 nitrogen and oxygen atoms in total. The fourth-order valence-corrected chi connectivity index (χ4v) is 11.5. The molecule has 0 radical (unpaired) electrons. The van der Waals surface area contributed by atoms with Gasteiger partial charge in [0, 0.05) is 0 Å². The number of rotatable bonds is 8. The van der Waals surface area contributed by atoms with Gasteiger partial charge in [-0.3, -0.25) is 0 Å². The first-order valence-electron chi connectivity index (χ1n) is 8.61. The molecule has 0 N–H and O–H groups in total. The molecule has 0 aromatic heterocycles. The summed E-state index contributed by atoms with van der Waals surface area (Å²) in [4.78, 5) is 0. The molecule has 0 amide bonds. The van der Waals surface area contributed by atoms with Gasteiger partial charge in [0.2, 0.25) is 0 Å². The molecule has 0 heterocycles. The van der Waals surface area contributed by atoms with Gasteiger partial charge in [0.25, 0.3) is 0 Å². The zero-order chi connectivity index (χ0) is 15.3. The third-order valence-electron chi connectivity index (χ3n) is 5.05. The summed E-state index contributed by atoms with van der Waals surface area (Å²) in [6.45, 7) is 9.49. The first kappa shape index (κ1) is 17.2. The van der Waals surface area contributed by atoms with Crippen LogP contribution in [-0.4, -0.2) is 0 Å². The summed E-state index contributed by atoms with van der Waals surface area (Å²) >= 11 is -0.906. The van der Waals surface area contributed by atoms with Crippen molar-refractivity contribution in [1.29, 1.82) is 0 Å². The maximum atomic E-state index is 2.60. The molecule has 2 aliphatic carbocycles. The average molecular weight is 449 g/mol. The molecule has 0 aromatic rings. The molecular formula is C20H30Hf. The Morgan fingerprint density at radius 1 is 1.00 bits per heavy atom. The Morgan fingerprint density at radius 2 is 1.71 bits per heavy atom. The van der Waals surface area contributed by atoms with Crippen molar-refractivity contribution in [2.45, 2.75) is 72.6 Å². The van der Waals surface area contributed by atoms with Crippen molar-refractivity contribution in [3.63, 3.8) is 0 Å². The SMILES string of the molecule is CCCCC1=CC=C[C]1(CCCC)[Hf][C]1(C)C=CC=C1C. The molecule has 0 spiro atoms. The Labute approximate surface area is 142 Å². The van der Waals surface area contributed by atoms with E-state index in [9.17, 15) is 0 Å². The molecular weight excluding hydrogens is 419 g/mol. The van der Waals surface area contributed by atoms with Gasteiger partial charge in [-0.1, -0.05) is 0 Å². The summed E-state index contributed by atoms with van der Waals surface area (Å²) in [5.74, 6) is 0. The molecule has 114 valence electrons. The van der Waals surface area contributed by atoms with Gasteiger partial charge in [-0.2, -0.15) is 0 Å². The van der Waals surface area contributed by atoms with E-state index in [1.165, 1.54) is 38.5 Å². The Hall–Kier alpha value is -0.170. The van der Waals surface area contributed by atoms with Crippen LogP contribution in [0.4, 0.5) is 0 Å². The van der Waals surface area contributed by atoms with E-state index in [-0.39, 0.29) is 0 Å². The molecule has 0 fully saturated rings. The van der Waals surface area contributed by atoms with Crippen molar-refractivity contribution in [2.75, 3.05) is 0 Å².